The van der Waals surface area contributed by atoms with Gasteiger partial charge >= 0.3 is 5.97 Å². The van der Waals surface area contributed by atoms with Crippen molar-refractivity contribution in [2.45, 2.75) is 51.5 Å². The van der Waals surface area contributed by atoms with E-state index < -0.39 is 0 Å². The highest BCUT2D eigenvalue weighted by Crippen LogP contribution is 2.25. The predicted octanol–water partition coefficient (Wildman–Crippen LogP) is 2.14. The van der Waals surface area contributed by atoms with Gasteiger partial charge < -0.3 is 4.74 Å². The summed E-state index contributed by atoms with van der Waals surface area (Å²) in [5.41, 5.74) is 0. The minimum Gasteiger partial charge on any atom is -0.469 e. The number of carbonyl (C=O) groups is 1. The molecule has 1 aliphatic heterocycles. The van der Waals surface area contributed by atoms with E-state index in [1.807, 2.05) is 0 Å². The van der Waals surface area contributed by atoms with E-state index in [0.717, 1.165) is 32.1 Å². The summed E-state index contributed by atoms with van der Waals surface area (Å²) >= 11 is 0. The van der Waals surface area contributed by atoms with Crippen LogP contribution in [0.2, 0.25) is 0 Å². The number of hydrogen-bond acceptors (Lipinski definition) is 4. The van der Waals surface area contributed by atoms with Crippen LogP contribution in [-0.2, 0) is 9.53 Å². The maximum absolute atomic E-state index is 11.2. The van der Waals surface area contributed by atoms with Gasteiger partial charge in [-0.1, -0.05) is 19.3 Å². The van der Waals surface area contributed by atoms with Crippen molar-refractivity contribution in [3.8, 4) is 0 Å². The Morgan fingerprint density at radius 2 is 1.95 bits per heavy atom. The van der Waals surface area contributed by atoms with Crippen LogP contribution < -0.4 is 0 Å². The van der Waals surface area contributed by atoms with Gasteiger partial charge in [0.15, 0.2) is 0 Å². The van der Waals surface area contributed by atoms with E-state index in [0.29, 0.717) is 12.5 Å². The SMILES string of the molecule is COC(=O)CCN1CCN(CC2CCCCC2)C(C)C1. The monoisotopic (exact) mass is 282 g/mol. The zero-order valence-corrected chi connectivity index (χ0v) is 13.1. The average molecular weight is 282 g/mol. The smallest absolute Gasteiger partial charge is 0.306 e. The zero-order valence-electron chi connectivity index (χ0n) is 13.1. The topological polar surface area (TPSA) is 32.8 Å². The van der Waals surface area contributed by atoms with E-state index in [9.17, 15) is 4.79 Å². The number of carbonyl (C=O) groups excluding carboxylic acids is 1. The molecule has 4 nitrogen and oxygen atoms in total. The lowest BCUT2D eigenvalue weighted by Crippen LogP contribution is -2.53. The van der Waals surface area contributed by atoms with Crippen LogP contribution in [0, 0.1) is 5.92 Å². The summed E-state index contributed by atoms with van der Waals surface area (Å²) < 4.78 is 4.71. The Morgan fingerprint density at radius 3 is 2.60 bits per heavy atom. The van der Waals surface area contributed by atoms with Crippen molar-refractivity contribution in [3.63, 3.8) is 0 Å². The summed E-state index contributed by atoms with van der Waals surface area (Å²) in [7, 11) is 1.47. The molecule has 1 atom stereocenters. The number of ether oxygens (including phenoxy) is 1. The summed E-state index contributed by atoms with van der Waals surface area (Å²) in [6.45, 7) is 7.78. The molecule has 0 radical (unpaired) electrons. The van der Waals surface area contributed by atoms with Gasteiger partial charge in [-0.3, -0.25) is 14.6 Å². The van der Waals surface area contributed by atoms with Crippen molar-refractivity contribution in [1.29, 1.82) is 0 Å². The number of rotatable bonds is 5. The fraction of sp³-hybridized carbons (Fsp3) is 0.938. The van der Waals surface area contributed by atoms with E-state index in [2.05, 4.69) is 16.7 Å². The van der Waals surface area contributed by atoms with Crippen LogP contribution in [0.1, 0.15) is 45.4 Å². The van der Waals surface area contributed by atoms with Crippen molar-refractivity contribution < 1.29 is 9.53 Å². The van der Waals surface area contributed by atoms with Crippen molar-refractivity contribution in [3.05, 3.63) is 0 Å². The Hall–Kier alpha value is -0.610. The van der Waals surface area contributed by atoms with E-state index >= 15 is 0 Å². The molecule has 0 bridgehead atoms. The number of methoxy groups -OCH3 is 1. The second-order valence-corrected chi connectivity index (χ2v) is 6.47. The fourth-order valence-corrected chi connectivity index (χ4v) is 3.60. The molecular formula is C16H30N2O2. The molecular weight excluding hydrogens is 252 g/mol. The summed E-state index contributed by atoms with van der Waals surface area (Å²) in [5.74, 6) is 0.829. The highest BCUT2D eigenvalue weighted by atomic mass is 16.5. The van der Waals surface area contributed by atoms with Crippen LogP contribution >= 0.6 is 0 Å². The largest absolute Gasteiger partial charge is 0.469 e. The first kappa shape index (κ1) is 15.8. The summed E-state index contributed by atoms with van der Waals surface area (Å²) in [4.78, 5) is 16.3. The molecule has 1 saturated carbocycles. The second kappa shape index (κ2) is 7.99. The standard InChI is InChI=1S/C16H30N2O2/c1-14-12-17(9-8-16(19)20-2)10-11-18(14)13-15-6-4-3-5-7-15/h14-15H,3-13H2,1-2H3. The van der Waals surface area contributed by atoms with Crippen molar-refractivity contribution in [2.75, 3.05) is 39.8 Å². The third-order valence-electron chi connectivity index (χ3n) is 4.93. The zero-order chi connectivity index (χ0) is 14.4. The lowest BCUT2D eigenvalue weighted by Gasteiger charge is -2.41. The predicted molar refractivity (Wildman–Crippen MR) is 80.7 cm³/mol. The van der Waals surface area contributed by atoms with Crippen LogP contribution in [-0.4, -0.2) is 61.6 Å². The van der Waals surface area contributed by atoms with E-state index in [1.54, 1.807) is 0 Å². The fourth-order valence-electron chi connectivity index (χ4n) is 3.60. The molecule has 20 heavy (non-hydrogen) atoms. The van der Waals surface area contributed by atoms with E-state index in [-0.39, 0.29) is 5.97 Å². The van der Waals surface area contributed by atoms with Gasteiger partial charge in [-0.2, -0.15) is 0 Å². The molecule has 0 spiro atoms. The molecule has 0 aromatic rings. The third kappa shape index (κ3) is 4.74. The van der Waals surface area contributed by atoms with Crippen LogP contribution in [0.25, 0.3) is 0 Å². The van der Waals surface area contributed by atoms with Gasteiger partial charge in [-0.25, -0.2) is 0 Å². The molecule has 0 amide bonds. The Morgan fingerprint density at radius 1 is 1.20 bits per heavy atom. The molecule has 1 saturated heterocycles. The highest BCUT2D eigenvalue weighted by molar-refractivity contribution is 5.69. The Bertz CT molecular complexity index is 303. The Labute approximate surface area is 123 Å². The van der Waals surface area contributed by atoms with Gasteiger partial charge in [0.2, 0.25) is 0 Å². The maximum atomic E-state index is 11.2. The van der Waals surface area contributed by atoms with Crippen molar-refractivity contribution in [1.82, 2.24) is 9.80 Å². The molecule has 116 valence electrons. The second-order valence-electron chi connectivity index (χ2n) is 6.47. The van der Waals surface area contributed by atoms with Gasteiger partial charge in [0.25, 0.3) is 0 Å². The highest BCUT2D eigenvalue weighted by Gasteiger charge is 2.26. The van der Waals surface area contributed by atoms with Crippen molar-refractivity contribution in [2.24, 2.45) is 5.92 Å². The van der Waals surface area contributed by atoms with E-state index in [4.69, 9.17) is 4.74 Å². The number of hydrogen-bond donors (Lipinski definition) is 0. The van der Waals surface area contributed by atoms with E-state index in [1.165, 1.54) is 45.8 Å². The van der Waals surface area contributed by atoms with Gasteiger partial charge in [0, 0.05) is 38.8 Å². The van der Waals surface area contributed by atoms with Crippen LogP contribution in [0.3, 0.4) is 0 Å². The number of esters is 1. The molecule has 2 aliphatic rings. The van der Waals surface area contributed by atoms with Gasteiger partial charge in [0.05, 0.1) is 13.5 Å². The van der Waals surface area contributed by atoms with Gasteiger partial charge in [0.1, 0.15) is 0 Å². The minimum absolute atomic E-state index is 0.0951. The maximum Gasteiger partial charge on any atom is 0.306 e. The first-order chi connectivity index (χ1) is 9.69. The third-order valence-corrected chi connectivity index (χ3v) is 4.93. The first-order valence-electron chi connectivity index (χ1n) is 8.22. The molecule has 0 aromatic heterocycles. The van der Waals surface area contributed by atoms with Crippen LogP contribution in [0.5, 0.6) is 0 Å². The summed E-state index contributed by atoms with van der Waals surface area (Å²) in [6, 6.07) is 0.614. The van der Waals surface area contributed by atoms with Gasteiger partial charge in [-0.15, -0.1) is 0 Å². The number of nitrogens with zero attached hydrogens (tertiary/aromatic N) is 2. The quantitative estimate of drug-likeness (QED) is 0.723. The molecule has 0 aromatic carbocycles. The van der Waals surface area contributed by atoms with Crippen molar-refractivity contribution >= 4 is 5.97 Å². The summed E-state index contributed by atoms with van der Waals surface area (Å²) in [5, 5.41) is 0. The first-order valence-corrected chi connectivity index (χ1v) is 8.22. The molecule has 1 unspecified atom stereocenters. The average Bonchev–Trinajstić information content (AvgIpc) is 2.48. The molecule has 0 N–H and O–H groups in total. The molecule has 1 aliphatic carbocycles. The molecule has 2 rings (SSSR count). The minimum atomic E-state index is -0.0951. The Kier molecular flexibility index (Phi) is 6.30. The summed E-state index contributed by atoms with van der Waals surface area (Å²) in [6.07, 6.45) is 7.67. The normalized spacial score (nSPS) is 26.6. The van der Waals surface area contributed by atoms with Crippen LogP contribution in [0.15, 0.2) is 0 Å². The molecule has 4 heteroatoms. The number of piperazine rings is 1. The Balaban J connectivity index is 1.70. The lowest BCUT2D eigenvalue weighted by molar-refractivity contribution is -0.141. The van der Waals surface area contributed by atoms with Gasteiger partial charge in [-0.05, 0) is 25.7 Å². The molecule has 2 fully saturated rings. The van der Waals surface area contributed by atoms with Crippen LogP contribution in [0.4, 0.5) is 0 Å². The lowest BCUT2D eigenvalue weighted by atomic mass is 9.88. The molecule has 1 heterocycles.